The Morgan fingerprint density at radius 2 is 2.19 bits per heavy atom. The quantitative estimate of drug-likeness (QED) is 0.557. The Morgan fingerprint density at radius 3 is 2.91 bits per heavy atom. The molecule has 2 aliphatic rings. The molecule has 3 heterocycles. The number of halogens is 2. The number of aromatic amines is 1. The summed E-state index contributed by atoms with van der Waals surface area (Å²) in [5, 5.41) is 16.3. The van der Waals surface area contributed by atoms with Gasteiger partial charge >= 0.3 is 12.7 Å². The molecule has 2 aromatic heterocycles. The number of alkyl halides is 2. The van der Waals surface area contributed by atoms with Gasteiger partial charge in [0.05, 0.1) is 24.6 Å². The van der Waals surface area contributed by atoms with E-state index in [9.17, 15) is 18.4 Å². The summed E-state index contributed by atoms with van der Waals surface area (Å²) in [5.74, 6) is -0.260. The second-order valence-electron chi connectivity index (χ2n) is 8.15. The van der Waals surface area contributed by atoms with Crippen LogP contribution in [0.4, 0.5) is 19.4 Å². The highest BCUT2D eigenvalue weighted by atomic mass is 19.3. The first-order chi connectivity index (χ1) is 15.2. The number of anilines is 1. The van der Waals surface area contributed by atoms with E-state index in [-0.39, 0.29) is 41.6 Å². The maximum absolute atomic E-state index is 12.5. The first-order valence-electron chi connectivity index (χ1n) is 10.1. The number of aryl methyl sites for hydroxylation is 1. The molecule has 1 saturated heterocycles. The monoisotopic (exact) mass is 454 g/mol. The zero-order valence-corrected chi connectivity index (χ0v) is 17.6. The Hall–Kier alpha value is -3.06. The number of aromatic nitrogens is 4. The third kappa shape index (κ3) is 5.40. The summed E-state index contributed by atoms with van der Waals surface area (Å²) in [6.45, 7) is -1.11. The van der Waals surface area contributed by atoms with E-state index in [2.05, 4.69) is 30.7 Å². The molecular formula is C19H24F2N6O5. The Morgan fingerprint density at radius 1 is 1.41 bits per heavy atom. The van der Waals surface area contributed by atoms with Crippen molar-refractivity contribution in [3.8, 4) is 0 Å². The normalized spacial score (nSPS) is 21.5. The first-order valence-corrected chi connectivity index (χ1v) is 10.1. The summed E-state index contributed by atoms with van der Waals surface area (Å²) in [6.07, 6.45) is 1.14. The number of hydrogen-bond donors (Lipinski definition) is 3. The van der Waals surface area contributed by atoms with Gasteiger partial charge in [0.25, 0.3) is 5.91 Å². The lowest BCUT2D eigenvalue weighted by atomic mass is 10.1. The van der Waals surface area contributed by atoms with Gasteiger partial charge in [-0.05, 0) is 25.8 Å². The van der Waals surface area contributed by atoms with Crippen LogP contribution in [0, 0.1) is 0 Å². The lowest BCUT2D eigenvalue weighted by molar-refractivity contribution is -0.138. The van der Waals surface area contributed by atoms with Crippen molar-refractivity contribution in [2.45, 2.75) is 57.2 Å². The van der Waals surface area contributed by atoms with Crippen molar-refractivity contribution in [2.24, 2.45) is 7.05 Å². The highest BCUT2D eigenvalue weighted by Crippen LogP contribution is 2.35. The second kappa shape index (κ2) is 8.82. The minimum absolute atomic E-state index is 0.156. The Bertz CT molecular complexity index is 989. The molecule has 3 N–H and O–H groups in total. The molecule has 1 saturated carbocycles. The van der Waals surface area contributed by atoms with Crippen LogP contribution in [0.2, 0.25) is 0 Å². The number of ether oxygens (including phenoxy) is 3. The fourth-order valence-corrected chi connectivity index (χ4v) is 3.34. The molecule has 0 spiro atoms. The number of rotatable bonds is 8. The number of nitrogens with zero attached hydrogens (tertiary/aromatic N) is 3. The molecule has 1 aliphatic carbocycles. The highest BCUT2D eigenvalue weighted by molar-refractivity contribution is 6.02. The summed E-state index contributed by atoms with van der Waals surface area (Å²) in [4.78, 5) is 24.5. The van der Waals surface area contributed by atoms with E-state index in [1.54, 1.807) is 6.07 Å². The average molecular weight is 454 g/mol. The van der Waals surface area contributed by atoms with Gasteiger partial charge in [0, 0.05) is 25.1 Å². The molecule has 174 valence electrons. The van der Waals surface area contributed by atoms with Crippen LogP contribution in [0.3, 0.4) is 0 Å². The van der Waals surface area contributed by atoms with Gasteiger partial charge in [-0.2, -0.15) is 19.0 Å². The molecule has 2 fully saturated rings. The SMILES string of the molecule is Cn1nc(COC(F)F)cc1C(=O)Nc1cc([C@H]2C[C@@H](OC(=O)NC3(C)CC3)CO2)[nH]n1. The predicted molar refractivity (Wildman–Crippen MR) is 105 cm³/mol. The number of carbonyl (C=O) groups is 2. The van der Waals surface area contributed by atoms with Crippen molar-refractivity contribution in [1.82, 2.24) is 25.3 Å². The second-order valence-corrected chi connectivity index (χ2v) is 8.15. The van der Waals surface area contributed by atoms with Crippen LogP contribution >= 0.6 is 0 Å². The molecule has 32 heavy (non-hydrogen) atoms. The van der Waals surface area contributed by atoms with Crippen molar-refractivity contribution in [2.75, 3.05) is 11.9 Å². The predicted octanol–water partition coefficient (Wildman–Crippen LogP) is 2.24. The van der Waals surface area contributed by atoms with Gasteiger partial charge in [0.15, 0.2) is 5.82 Å². The van der Waals surface area contributed by atoms with Crippen LogP contribution in [0.15, 0.2) is 12.1 Å². The van der Waals surface area contributed by atoms with Crippen molar-refractivity contribution in [3.05, 3.63) is 29.2 Å². The fraction of sp³-hybridized carbons (Fsp3) is 0.579. The van der Waals surface area contributed by atoms with Gasteiger partial charge in [0.2, 0.25) is 0 Å². The number of alkyl carbamates (subject to hydrolysis) is 1. The molecule has 1 aliphatic heterocycles. The fourth-order valence-electron chi connectivity index (χ4n) is 3.34. The molecule has 2 atom stereocenters. The lowest BCUT2D eigenvalue weighted by Gasteiger charge is -2.15. The molecular weight excluding hydrogens is 430 g/mol. The lowest BCUT2D eigenvalue weighted by Crippen LogP contribution is -2.37. The topological polar surface area (TPSA) is 132 Å². The third-order valence-corrected chi connectivity index (χ3v) is 5.34. The highest BCUT2D eigenvalue weighted by Gasteiger charge is 2.40. The maximum Gasteiger partial charge on any atom is 0.407 e. The standard InChI is InChI=1S/C19H24F2N6O5/c1-19(3-4-19)23-18(29)32-11-6-14(30-9-11)12-7-15(25-24-12)22-16(28)13-5-10(26-27(13)2)8-31-17(20)21/h5,7,11,14,17H,3-4,6,8-9H2,1-2H3,(H,23,29)(H2,22,24,25,28)/t11-,14-/m1/s1. The van der Waals surface area contributed by atoms with Gasteiger partial charge in [0.1, 0.15) is 17.9 Å². The van der Waals surface area contributed by atoms with Crippen molar-refractivity contribution < 1.29 is 32.6 Å². The number of amides is 2. The number of hydrogen-bond acceptors (Lipinski definition) is 7. The van der Waals surface area contributed by atoms with E-state index in [0.717, 1.165) is 12.8 Å². The van der Waals surface area contributed by atoms with Gasteiger partial charge in [-0.3, -0.25) is 14.6 Å². The summed E-state index contributed by atoms with van der Waals surface area (Å²) in [6, 6.07) is 2.98. The summed E-state index contributed by atoms with van der Waals surface area (Å²) >= 11 is 0. The molecule has 0 unspecified atom stereocenters. The van der Waals surface area contributed by atoms with Gasteiger partial charge < -0.3 is 24.8 Å². The summed E-state index contributed by atoms with van der Waals surface area (Å²) in [5.41, 5.74) is 0.822. The van der Waals surface area contributed by atoms with Crippen molar-refractivity contribution >= 4 is 17.8 Å². The van der Waals surface area contributed by atoms with Crippen LogP contribution in [0.25, 0.3) is 0 Å². The van der Waals surface area contributed by atoms with Crippen LogP contribution < -0.4 is 10.6 Å². The van der Waals surface area contributed by atoms with E-state index in [1.807, 2.05) is 6.92 Å². The van der Waals surface area contributed by atoms with Gasteiger partial charge in [-0.1, -0.05) is 0 Å². The minimum atomic E-state index is -2.92. The Balaban J connectivity index is 1.29. The third-order valence-electron chi connectivity index (χ3n) is 5.34. The van der Waals surface area contributed by atoms with E-state index in [0.29, 0.717) is 12.1 Å². The number of nitrogens with one attached hydrogen (secondary N) is 3. The first kappa shape index (κ1) is 22.1. The van der Waals surface area contributed by atoms with Gasteiger partial charge in [-0.25, -0.2) is 4.79 Å². The summed E-state index contributed by atoms with van der Waals surface area (Å²) < 4.78 is 40.9. The van der Waals surface area contributed by atoms with E-state index in [4.69, 9.17) is 9.47 Å². The molecule has 2 amide bonds. The Kier molecular flexibility index (Phi) is 6.11. The molecule has 4 rings (SSSR count). The molecule has 0 bridgehead atoms. The molecule has 13 heteroatoms. The van der Waals surface area contributed by atoms with Crippen LogP contribution in [0.1, 0.15) is 54.2 Å². The van der Waals surface area contributed by atoms with E-state index in [1.165, 1.54) is 17.8 Å². The van der Waals surface area contributed by atoms with Crippen LogP contribution in [0.5, 0.6) is 0 Å². The number of H-pyrrole nitrogens is 1. The van der Waals surface area contributed by atoms with Crippen LogP contribution in [-0.4, -0.2) is 56.8 Å². The van der Waals surface area contributed by atoms with Crippen molar-refractivity contribution in [1.29, 1.82) is 0 Å². The average Bonchev–Trinajstić information content (AvgIpc) is 3.12. The van der Waals surface area contributed by atoms with E-state index < -0.39 is 25.2 Å². The van der Waals surface area contributed by atoms with Crippen LogP contribution in [-0.2, 0) is 27.9 Å². The molecule has 2 aromatic rings. The number of carbonyl (C=O) groups excluding carboxylic acids is 2. The Labute approximate surface area is 181 Å². The molecule has 11 nitrogen and oxygen atoms in total. The smallest absolute Gasteiger partial charge is 0.407 e. The zero-order valence-electron chi connectivity index (χ0n) is 17.6. The van der Waals surface area contributed by atoms with E-state index >= 15 is 0 Å². The van der Waals surface area contributed by atoms with Crippen molar-refractivity contribution in [3.63, 3.8) is 0 Å². The largest absolute Gasteiger partial charge is 0.444 e. The molecule has 0 radical (unpaired) electrons. The molecule has 0 aromatic carbocycles. The summed E-state index contributed by atoms with van der Waals surface area (Å²) in [7, 11) is 1.52. The maximum atomic E-state index is 12.5. The minimum Gasteiger partial charge on any atom is -0.444 e. The van der Waals surface area contributed by atoms with Gasteiger partial charge in [-0.15, -0.1) is 0 Å². The zero-order chi connectivity index (χ0) is 22.9.